The molecule has 0 aliphatic rings. The Labute approximate surface area is 128 Å². The minimum absolute atomic E-state index is 0.644. The zero-order valence-electron chi connectivity index (χ0n) is 11.5. The number of halogens is 1. The van der Waals surface area contributed by atoms with Crippen molar-refractivity contribution in [3.8, 4) is 11.1 Å². The second-order valence-electron chi connectivity index (χ2n) is 4.89. The standard InChI is InChI=1S/C16H11BrN2O2/c1-8-18-12-5-3-4-10(15(12)20-8)14-11(17)6-7-13-16(14)21-9(2)19-13/h3-7H,1-2H3. The maximum atomic E-state index is 5.79. The maximum Gasteiger partial charge on any atom is 0.192 e. The number of para-hydroxylation sites is 1. The van der Waals surface area contributed by atoms with Crippen molar-refractivity contribution in [1.82, 2.24) is 9.97 Å². The molecule has 21 heavy (non-hydrogen) atoms. The normalized spacial score (nSPS) is 11.6. The molecule has 0 N–H and O–H groups in total. The van der Waals surface area contributed by atoms with E-state index in [1.54, 1.807) is 0 Å². The van der Waals surface area contributed by atoms with Crippen LogP contribution in [0.1, 0.15) is 11.8 Å². The van der Waals surface area contributed by atoms with Gasteiger partial charge in [-0.2, -0.15) is 0 Å². The van der Waals surface area contributed by atoms with Gasteiger partial charge >= 0.3 is 0 Å². The lowest BCUT2D eigenvalue weighted by molar-refractivity contribution is 0.558. The van der Waals surface area contributed by atoms with Crippen LogP contribution < -0.4 is 0 Å². The lowest BCUT2D eigenvalue weighted by atomic mass is 10.0. The first kappa shape index (κ1) is 12.6. The number of oxazole rings is 2. The Balaban J connectivity index is 2.15. The lowest BCUT2D eigenvalue weighted by Crippen LogP contribution is -1.83. The quantitative estimate of drug-likeness (QED) is 0.487. The van der Waals surface area contributed by atoms with E-state index < -0.39 is 0 Å². The molecule has 0 fully saturated rings. The van der Waals surface area contributed by atoms with Gasteiger partial charge in [0.25, 0.3) is 0 Å². The Morgan fingerprint density at radius 3 is 2.29 bits per heavy atom. The van der Waals surface area contributed by atoms with Gasteiger partial charge in [0.1, 0.15) is 11.0 Å². The van der Waals surface area contributed by atoms with E-state index in [4.69, 9.17) is 8.83 Å². The summed E-state index contributed by atoms with van der Waals surface area (Å²) >= 11 is 3.61. The number of benzene rings is 2. The first-order valence-corrected chi connectivity index (χ1v) is 7.35. The molecule has 0 aliphatic heterocycles. The largest absolute Gasteiger partial charge is 0.440 e. The average Bonchev–Trinajstić information content (AvgIpc) is 2.99. The Morgan fingerprint density at radius 1 is 0.857 bits per heavy atom. The van der Waals surface area contributed by atoms with Crippen molar-refractivity contribution in [2.75, 3.05) is 0 Å². The van der Waals surface area contributed by atoms with Crippen molar-refractivity contribution >= 4 is 38.1 Å². The van der Waals surface area contributed by atoms with Crippen LogP contribution in [0.4, 0.5) is 0 Å². The Kier molecular flexibility index (Phi) is 2.65. The van der Waals surface area contributed by atoms with Gasteiger partial charge in [-0.05, 0) is 18.2 Å². The number of fused-ring (bicyclic) bond motifs is 2. The summed E-state index contributed by atoms with van der Waals surface area (Å²) < 4.78 is 12.5. The molecule has 2 aromatic carbocycles. The van der Waals surface area contributed by atoms with Gasteiger partial charge in [-0.15, -0.1) is 0 Å². The van der Waals surface area contributed by atoms with Gasteiger partial charge in [0, 0.05) is 29.4 Å². The van der Waals surface area contributed by atoms with E-state index in [2.05, 4.69) is 25.9 Å². The Bertz CT molecular complexity index is 985. The molecule has 4 nitrogen and oxygen atoms in total. The van der Waals surface area contributed by atoms with Gasteiger partial charge < -0.3 is 8.83 Å². The molecule has 0 saturated heterocycles. The third kappa shape index (κ3) is 1.88. The zero-order chi connectivity index (χ0) is 14.6. The third-order valence-electron chi connectivity index (χ3n) is 3.40. The van der Waals surface area contributed by atoms with Crippen LogP contribution in [0, 0.1) is 13.8 Å². The van der Waals surface area contributed by atoms with E-state index in [0.29, 0.717) is 11.8 Å². The van der Waals surface area contributed by atoms with Crippen molar-refractivity contribution < 1.29 is 8.83 Å². The highest BCUT2D eigenvalue weighted by atomic mass is 79.9. The van der Waals surface area contributed by atoms with Crippen LogP contribution in [-0.2, 0) is 0 Å². The number of nitrogens with zero attached hydrogens (tertiary/aromatic N) is 2. The molecule has 4 rings (SSSR count). The Hall–Kier alpha value is -2.14. The van der Waals surface area contributed by atoms with Gasteiger partial charge in [-0.1, -0.05) is 28.1 Å². The maximum absolute atomic E-state index is 5.79. The predicted molar refractivity (Wildman–Crippen MR) is 84.2 cm³/mol. The zero-order valence-corrected chi connectivity index (χ0v) is 13.1. The molecule has 0 unspecified atom stereocenters. The van der Waals surface area contributed by atoms with E-state index >= 15 is 0 Å². The van der Waals surface area contributed by atoms with Crippen LogP contribution in [0.5, 0.6) is 0 Å². The van der Waals surface area contributed by atoms with E-state index in [-0.39, 0.29) is 0 Å². The van der Waals surface area contributed by atoms with Gasteiger partial charge in [-0.25, -0.2) is 9.97 Å². The van der Waals surface area contributed by atoms with Crippen molar-refractivity contribution in [3.05, 3.63) is 46.6 Å². The molecular formula is C16H11BrN2O2. The molecule has 104 valence electrons. The van der Waals surface area contributed by atoms with Crippen molar-refractivity contribution in [2.45, 2.75) is 13.8 Å². The summed E-state index contributed by atoms with van der Waals surface area (Å²) in [4.78, 5) is 8.78. The highest BCUT2D eigenvalue weighted by Gasteiger charge is 2.18. The minimum atomic E-state index is 0.644. The number of hydrogen-bond acceptors (Lipinski definition) is 4. The number of aromatic nitrogens is 2. The predicted octanol–water partition coefficient (Wildman–Crippen LogP) is 5.02. The number of rotatable bonds is 1. The molecule has 2 heterocycles. The molecule has 0 saturated carbocycles. The summed E-state index contributed by atoms with van der Waals surface area (Å²) in [7, 11) is 0. The minimum Gasteiger partial charge on any atom is -0.440 e. The number of hydrogen-bond donors (Lipinski definition) is 0. The van der Waals surface area contributed by atoms with Crippen molar-refractivity contribution in [3.63, 3.8) is 0 Å². The first-order chi connectivity index (χ1) is 10.1. The molecule has 0 spiro atoms. The van der Waals surface area contributed by atoms with Gasteiger partial charge in [0.15, 0.2) is 22.9 Å². The number of aryl methyl sites for hydroxylation is 2. The van der Waals surface area contributed by atoms with Gasteiger partial charge in [-0.3, -0.25) is 0 Å². The molecule has 0 amide bonds. The SMILES string of the molecule is Cc1nc2cccc(-c3c(Br)ccc4nc(C)oc34)c2o1. The molecule has 0 aliphatic carbocycles. The lowest BCUT2D eigenvalue weighted by Gasteiger charge is -2.05. The summed E-state index contributed by atoms with van der Waals surface area (Å²) in [5, 5.41) is 0. The molecular weight excluding hydrogens is 332 g/mol. The van der Waals surface area contributed by atoms with Crippen LogP contribution in [0.25, 0.3) is 33.3 Å². The van der Waals surface area contributed by atoms with Crippen molar-refractivity contribution in [1.29, 1.82) is 0 Å². The average molecular weight is 343 g/mol. The molecule has 0 radical (unpaired) electrons. The van der Waals surface area contributed by atoms with Gasteiger partial charge in [0.2, 0.25) is 0 Å². The molecule has 2 aromatic heterocycles. The summed E-state index contributed by atoms with van der Waals surface area (Å²) in [5.41, 5.74) is 5.07. The van der Waals surface area contributed by atoms with E-state index in [1.807, 2.05) is 44.2 Å². The highest BCUT2D eigenvalue weighted by Crippen LogP contribution is 2.39. The third-order valence-corrected chi connectivity index (χ3v) is 4.07. The Morgan fingerprint density at radius 2 is 1.52 bits per heavy atom. The van der Waals surface area contributed by atoms with Crippen molar-refractivity contribution in [2.24, 2.45) is 0 Å². The van der Waals surface area contributed by atoms with Gasteiger partial charge in [0.05, 0.1) is 0 Å². The molecule has 0 atom stereocenters. The fourth-order valence-electron chi connectivity index (χ4n) is 2.59. The monoisotopic (exact) mass is 342 g/mol. The molecule has 4 aromatic rings. The molecule has 0 bridgehead atoms. The fraction of sp³-hybridized carbons (Fsp3) is 0.125. The van der Waals surface area contributed by atoms with E-state index in [0.717, 1.165) is 37.8 Å². The topological polar surface area (TPSA) is 52.1 Å². The van der Waals surface area contributed by atoms with Crippen LogP contribution in [0.3, 0.4) is 0 Å². The smallest absolute Gasteiger partial charge is 0.192 e. The summed E-state index contributed by atoms with van der Waals surface area (Å²) in [6.45, 7) is 3.69. The fourth-order valence-corrected chi connectivity index (χ4v) is 3.11. The first-order valence-electron chi connectivity index (χ1n) is 6.55. The highest BCUT2D eigenvalue weighted by molar-refractivity contribution is 9.10. The van der Waals surface area contributed by atoms with Crippen LogP contribution in [0.2, 0.25) is 0 Å². The van der Waals surface area contributed by atoms with Crippen LogP contribution in [-0.4, -0.2) is 9.97 Å². The van der Waals surface area contributed by atoms with E-state index in [9.17, 15) is 0 Å². The van der Waals surface area contributed by atoms with E-state index in [1.165, 1.54) is 0 Å². The summed E-state index contributed by atoms with van der Waals surface area (Å²) in [6, 6.07) is 9.82. The summed E-state index contributed by atoms with van der Waals surface area (Å²) in [5.74, 6) is 1.29. The summed E-state index contributed by atoms with van der Waals surface area (Å²) in [6.07, 6.45) is 0. The second-order valence-corrected chi connectivity index (χ2v) is 5.74. The second kappa shape index (κ2) is 4.43. The molecule has 5 heteroatoms. The van der Waals surface area contributed by atoms with Crippen LogP contribution >= 0.6 is 15.9 Å². The van der Waals surface area contributed by atoms with Crippen LogP contribution in [0.15, 0.2) is 43.6 Å².